The molecular weight excluding hydrogens is 412 g/mol. The molecule has 0 amide bonds. The van der Waals surface area contributed by atoms with Crippen LogP contribution in [0.15, 0.2) is 57.9 Å². The molecule has 1 aromatic rings. The minimum absolute atomic E-state index is 0.139. The third-order valence-corrected chi connectivity index (χ3v) is 6.17. The molecule has 1 aliphatic carbocycles. The molecule has 0 radical (unpaired) electrons. The first kappa shape index (κ1) is 25.4. The molecule has 0 aliphatic heterocycles. The molecule has 0 spiro atoms. The van der Waals surface area contributed by atoms with Gasteiger partial charge < -0.3 is 14.2 Å². The average Bonchev–Trinajstić information content (AvgIpc) is 3.07. The van der Waals surface area contributed by atoms with Gasteiger partial charge in [0.1, 0.15) is 0 Å². The maximum atomic E-state index is 13.1. The van der Waals surface area contributed by atoms with Crippen LogP contribution in [0.4, 0.5) is 0 Å². The minimum Gasteiger partial charge on any atom is -0.469 e. The van der Waals surface area contributed by atoms with Crippen molar-refractivity contribution in [2.24, 2.45) is 5.92 Å². The topological polar surface area (TPSA) is 61.8 Å². The van der Waals surface area contributed by atoms with Gasteiger partial charge in [0.2, 0.25) is 0 Å². The molecule has 0 saturated heterocycles. The fourth-order valence-electron chi connectivity index (χ4n) is 3.44. The lowest BCUT2D eigenvalue weighted by Crippen LogP contribution is -2.07. The van der Waals surface area contributed by atoms with Gasteiger partial charge in [-0.25, -0.2) is 0 Å². The molecular formula is C25H34O5S. The second-order valence-corrected chi connectivity index (χ2v) is 8.58. The second-order valence-electron chi connectivity index (χ2n) is 7.46. The Labute approximate surface area is 190 Å². The number of esters is 1. The number of unbranched alkanes of at least 4 members (excludes halogenated alkanes) is 3. The van der Waals surface area contributed by atoms with Gasteiger partial charge in [-0.05, 0) is 44.2 Å². The number of hydrogen-bond donors (Lipinski definition) is 0. The van der Waals surface area contributed by atoms with Gasteiger partial charge in [0.05, 0.1) is 25.2 Å². The SMILES string of the molecule is COCCOCCC[C@@H]1C=C(Sc2ccccc2)C(=O)/C1=C/CCCCCC(=O)OC. The largest absolute Gasteiger partial charge is 0.469 e. The highest BCUT2D eigenvalue weighted by Crippen LogP contribution is 2.39. The molecule has 1 atom stereocenters. The molecule has 0 fully saturated rings. The maximum absolute atomic E-state index is 13.1. The van der Waals surface area contributed by atoms with Crippen molar-refractivity contribution >= 4 is 23.5 Å². The summed E-state index contributed by atoms with van der Waals surface area (Å²) < 4.78 is 15.3. The van der Waals surface area contributed by atoms with Crippen molar-refractivity contribution in [2.75, 3.05) is 34.0 Å². The lowest BCUT2D eigenvalue weighted by molar-refractivity contribution is -0.140. The Hall–Kier alpha value is -1.89. The zero-order valence-electron chi connectivity index (χ0n) is 18.6. The highest BCUT2D eigenvalue weighted by atomic mass is 32.2. The number of thioether (sulfide) groups is 1. The van der Waals surface area contributed by atoms with E-state index >= 15 is 0 Å². The number of Topliss-reactive ketones (excluding diaryl/α,β-unsaturated/α-hetero) is 1. The van der Waals surface area contributed by atoms with Crippen LogP contribution in [0.2, 0.25) is 0 Å². The Morgan fingerprint density at radius 3 is 2.58 bits per heavy atom. The Balaban J connectivity index is 1.90. The molecule has 0 bridgehead atoms. The molecule has 0 N–H and O–H groups in total. The lowest BCUT2D eigenvalue weighted by Gasteiger charge is -2.10. The smallest absolute Gasteiger partial charge is 0.305 e. The summed E-state index contributed by atoms with van der Waals surface area (Å²) in [6.07, 6.45) is 10.1. The van der Waals surface area contributed by atoms with Gasteiger partial charge in [-0.2, -0.15) is 0 Å². The van der Waals surface area contributed by atoms with E-state index in [0.29, 0.717) is 26.2 Å². The van der Waals surface area contributed by atoms with E-state index in [2.05, 4.69) is 16.9 Å². The zero-order chi connectivity index (χ0) is 22.3. The van der Waals surface area contributed by atoms with Crippen molar-refractivity contribution in [3.8, 4) is 0 Å². The molecule has 1 aromatic carbocycles. The van der Waals surface area contributed by atoms with Crippen LogP contribution in [0.25, 0.3) is 0 Å². The monoisotopic (exact) mass is 446 g/mol. The number of carbonyl (C=O) groups excluding carboxylic acids is 2. The summed E-state index contributed by atoms with van der Waals surface area (Å²) >= 11 is 1.54. The van der Waals surface area contributed by atoms with Gasteiger partial charge >= 0.3 is 5.97 Å². The minimum atomic E-state index is -0.163. The van der Waals surface area contributed by atoms with E-state index in [9.17, 15) is 9.59 Å². The van der Waals surface area contributed by atoms with Crippen LogP contribution in [-0.4, -0.2) is 45.8 Å². The molecule has 0 aromatic heterocycles. The van der Waals surface area contributed by atoms with Crippen molar-refractivity contribution < 1.29 is 23.8 Å². The number of methoxy groups -OCH3 is 2. The average molecular weight is 447 g/mol. The van der Waals surface area contributed by atoms with Gasteiger partial charge in [-0.1, -0.05) is 48.5 Å². The van der Waals surface area contributed by atoms with Crippen LogP contribution in [0.5, 0.6) is 0 Å². The number of allylic oxidation sites excluding steroid dienone is 4. The van der Waals surface area contributed by atoms with Gasteiger partial charge in [-0.3, -0.25) is 9.59 Å². The Bertz CT molecular complexity index is 742. The molecule has 6 heteroatoms. The van der Waals surface area contributed by atoms with Crippen molar-refractivity contribution in [3.05, 3.63) is 53.0 Å². The third-order valence-electron chi connectivity index (χ3n) is 5.12. The predicted molar refractivity (Wildman–Crippen MR) is 124 cm³/mol. The fraction of sp³-hybridized carbons (Fsp3) is 0.520. The number of ether oxygens (including phenoxy) is 3. The quantitative estimate of drug-likeness (QED) is 0.205. The van der Waals surface area contributed by atoms with Crippen LogP contribution in [0.3, 0.4) is 0 Å². The van der Waals surface area contributed by atoms with Gasteiger partial charge in [-0.15, -0.1) is 0 Å². The van der Waals surface area contributed by atoms with Crippen molar-refractivity contribution in [1.29, 1.82) is 0 Å². The summed E-state index contributed by atoms with van der Waals surface area (Å²) in [5.74, 6) is 0.123. The van der Waals surface area contributed by atoms with Crippen molar-refractivity contribution in [2.45, 2.75) is 49.8 Å². The highest BCUT2D eigenvalue weighted by molar-refractivity contribution is 8.04. The standard InChI is InChI=1S/C25H34O5S/c1-28-17-18-30-16-10-11-20-19-23(31-21-12-6-5-7-13-21)25(27)22(20)14-8-3-4-9-15-24(26)29-2/h5-7,12-14,19-20H,3-4,8-11,15-18H2,1-2H3/b22-14+/t20-/m1/s1. The van der Waals surface area contributed by atoms with E-state index in [0.717, 1.165) is 53.9 Å². The summed E-state index contributed by atoms with van der Waals surface area (Å²) in [6.45, 7) is 1.87. The first-order valence-electron chi connectivity index (χ1n) is 11.0. The molecule has 1 aliphatic rings. The summed E-state index contributed by atoms with van der Waals surface area (Å²) in [6, 6.07) is 10.0. The zero-order valence-corrected chi connectivity index (χ0v) is 19.5. The second kappa shape index (κ2) is 15.0. The third kappa shape index (κ3) is 9.42. The van der Waals surface area contributed by atoms with Gasteiger partial charge in [0, 0.05) is 36.5 Å². The number of benzene rings is 1. The van der Waals surface area contributed by atoms with Crippen LogP contribution in [0, 0.1) is 5.92 Å². The number of carbonyl (C=O) groups is 2. The van der Waals surface area contributed by atoms with E-state index in [1.807, 2.05) is 30.3 Å². The normalized spacial score (nSPS) is 17.2. The van der Waals surface area contributed by atoms with Crippen LogP contribution in [0.1, 0.15) is 44.9 Å². The highest BCUT2D eigenvalue weighted by Gasteiger charge is 2.29. The molecule has 5 nitrogen and oxygen atoms in total. The fourth-order valence-corrected chi connectivity index (χ4v) is 4.43. The van der Waals surface area contributed by atoms with E-state index in [-0.39, 0.29) is 17.7 Å². The summed E-state index contributed by atoms with van der Waals surface area (Å²) in [7, 11) is 3.08. The predicted octanol–water partition coefficient (Wildman–Crippen LogP) is 5.35. The number of ketones is 1. The first-order valence-corrected chi connectivity index (χ1v) is 11.8. The summed E-state index contributed by atoms with van der Waals surface area (Å²) in [5, 5.41) is 0. The van der Waals surface area contributed by atoms with E-state index in [1.165, 1.54) is 7.11 Å². The van der Waals surface area contributed by atoms with E-state index in [4.69, 9.17) is 9.47 Å². The summed E-state index contributed by atoms with van der Waals surface area (Å²) in [4.78, 5) is 26.2. The van der Waals surface area contributed by atoms with Crippen LogP contribution < -0.4 is 0 Å². The first-order chi connectivity index (χ1) is 15.2. The van der Waals surface area contributed by atoms with Gasteiger partial charge in [0.15, 0.2) is 5.78 Å². The molecule has 0 heterocycles. The maximum Gasteiger partial charge on any atom is 0.305 e. The molecule has 2 rings (SSSR count). The van der Waals surface area contributed by atoms with Crippen LogP contribution in [-0.2, 0) is 23.8 Å². The van der Waals surface area contributed by atoms with E-state index in [1.54, 1.807) is 18.9 Å². The Morgan fingerprint density at radius 2 is 1.84 bits per heavy atom. The number of hydrogen-bond acceptors (Lipinski definition) is 6. The molecule has 170 valence electrons. The van der Waals surface area contributed by atoms with Crippen molar-refractivity contribution in [3.63, 3.8) is 0 Å². The lowest BCUT2D eigenvalue weighted by atomic mass is 9.95. The molecule has 0 unspecified atom stereocenters. The van der Waals surface area contributed by atoms with Gasteiger partial charge in [0.25, 0.3) is 0 Å². The summed E-state index contributed by atoms with van der Waals surface area (Å²) in [5.41, 5.74) is 0.906. The molecule has 31 heavy (non-hydrogen) atoms. The van der Waals surface area contributed by atoms with Crippen molar-refractivity contribution in [1.82, 2.24) is 0 Å². The Morgan fingerprint density at radius 1 is 1.03 bits per heavy atom. The Kier molecular flexibility index (Phi) is 12.3. The van der Waals surface area contributed by atoms with Crippen LogP contribution >= 0.6 is 11.8 Å². The van der Waals surface area contributed by atoms with E-state index < -0.39 is 0 Å². The number of rotatable bonds is 15. The molecule has 0 saturated carbocycles.